The summed E-state index contributed by atoms with van der Waals surface area (Å²) < 4.78 is 22.4. The van der Waals surface area contributed by atoms with Crippen LogP contribution in [0.4, 0.5) is 0 Å². The summed E-state index contributed by atoms with van der Waals surface area (Å²) in [5.41, 5.74) is 0.683. The van der Waals surface area contributed by atoms with Gasteiger partial charge in [0, 0.05) is 37.2 Å². The molecular weight excluding hydrogens is 400 g/mol. The van der Waals surface area contributed by atoms with Crippen LogP contribution in [0.1, 0.15) is 52.5 Å². The van der Waals surface area contributed by atoms with Crippen molar-refractivity contribution in [2.75, 3.05) is 6.61 Å². The zero-order valence-electron chi connectivity index (χ0n) is 18.5. The zero-order valence-corrected chi connectivity index (χ0v) is 18.5. The minimum absolute atomic E-state index is 0.00737. The molecule has 1 saturated carbocycles. The minimum Gasteiger partial charge on any atom is -0.472 e. The summed E-state index contributed by atoms with van der Waals surface area (Å²) in [7, 11) is 0. The molecule has 6 unspecified atom stereocenters. The molecule has 1 aromatic rings. The van der Waals surface area contributed by atoms with Crippen LogP contribution < -0.4 is 0 Å². The van der Waals surface area contributed by atoms with Crippen molar-refractivity contribution in [3.05, 3.63) is 35.8 Å². The average Bonchev–Trinajstić information content (AvgIpc) is 3.32. The van der Waals surface area contributed by atoms with E-state index in [-0.39, 0.29) is 54.0 Å². The molecule has 7 heteroatoms. The minimum atomic E-state index is -0.646. The van der Waals surface area contributed by atoms with Gasteiger partial charge in [-0.05, 0) is 42.2 Å². The van der Waals surface area contributed by atoms with Crippen LogP contribution in [0.25, 0.3) is 0 Å². The highest BCUT2D eigenvalue weighted by atomic mass is 16.6. The van der Waals surface area contributed by atoms with Crippen molar-refractivity contribution in [3.63, 3.8) is 0 Å². The molecule has 1 saturated heterocycles. The lowest BCUT2D eigenvalue weighted by atomic mass is 9.45. The summed E-state index contributed by atoms with van der Waals surface area (Å²) in [6, 6.07) is 1.94. The predicted molar refractivity (Wildman–Crippen MR) is 110 cm³/mol. The summed E-state index contributed by atoms with van der Waals surface area (Å²) in [6.45, 7) is 7.30. The van der Waals surface area contributed by atoms with Gasteiger partial charge in [-0.2, -0.15) is 0 Å². The number of ether oxygens (including phenoxy) is 3. The summed E-state index contributed by atoms with van der Waals surface area (Å²) in [5.74, 6) is -1.14. The van der Waals surface area contributed by atoms with E-state index in [1.165, 1.54) is 13.8 Å². The van der Waals surface area contributed by atoms with Gasteiger partial charge >= 0.3 is 17.9 Å². The van der Waals surface area contributed by atoms with Crippen LogP contribution in [0.15, 0.2) is 34.7 Å². The molecule has 2 fully saturated rings. The summed E-state index contributed by atoms with van der Waals surface area (Å²) in [4.78, 5) is 36.5. The molecule has 6 atom stereocenters. The maximum absolute atomic E-state index is 12.6. The number of furan rings is 1. The van der Waals surface area contributed by atoms with E-state index in [4.69, 9.17) is 18.6 Å². The molecule has 1 spiro atoms. The molecule has 0 amide bonds. The number of cyclic esters (lactones) is 1. The molecule has 4 rings (SSSR count). The van der Waals surface area contributed by atoms with Crippen LogP contribution in [-0.4, -0.2) is 36.7 Å². The van der Waals surface area contributed by atoms with Crippen molar-refractivity contribution < 1.29 is 33.0 Å². The normalized spacial score (nSPS) is 36.6. The molecule has 0 bridgehead atoms. The zero-order chi connectivity index (χ0) is 22.4. The fourth-order valence-corrected chi connectivity index (χ4v) is 6.34. The quantitative estimate of drug-likeness (QED) is 0.520. The van der Waals surface area contributed by atoms with Crippen LogP contribution in [-0.2, 0) is 35.0 Å². The fraction of sp³-hybridized carbons (Fsp3) is 0.625. The molecule has 0 radical (unpaired) electrons. The lowest BCUT2D eigenvalue weighted by molar-refractivity contribution is -0.194. The van der Waals surface area contributed by atoms with E-state index in [9.17, 15) is 14.4 Å². The summed E-state index contributed by atoms with van der Waals surface area (Å²) in [5, 5.41) is 0. The van der Waals surface area contributed by atoms with Gasteiger partial charge in [0.15, 0.2) is 0 Å². The number of esters is 3. The Morgan fingerprint density at radius 2 is 1.90 bits per heavy atom. The van der Waals surface area contributed by atoms with Crippen molar-refractivity contribution >= 4 is 17.9 Å². The van der Waals surface area contributed by atoms with E-state index < -0.39 is 5.41 Å². The first kappa shape index (κ1) is 21.7. The second-order valence-electron chi connectivity index (χ2n) is 9.49. The third-order valence-electron chi connectivity index (χ3n) is 7.78. The van der Waals surface area contributed by atoms with E-state index in [2.05, 4.69) is 13.8 Å². The summed E-state index contributed by atoms with van der Waals surface area (Å²) >= 11 is 0. The van der Waals surface area contributed by atoms with Gasteiger partial charge in [-0.25, -0.2) is 4.79 Å². The van der Waals surface area contributed by atoms with E-state index in [1.807, 2.05) is 12.1 Å². The van der Waals surface area contributed by atoms with Crippen molar-refractivity contribution in [1.29, 1.82) is 0 Å². The van der Waals surface area contributed by atoms with Crippen molar-refractivity contribution in [2.45, 2.75) is 65.6 Å². The third kappa shape index (κ3) is 3.58. The number of carbonyl (C=O) groups is 3. The van der Waals surface area contributed by atoms with E-state index >= 15 is 0 Å². The van der Waals surface area contributed by atoms with E-state index in [1.54, 1.807) is 12.5 Å². The molecular formula is C24H30O7. The Morgan fingerprint density at radius 1 is 1.19 bits per heavy atom. The van der Waals surface area contributed by atoms with Crippen molar-refractivity contribution in [2.24, 2.45) is 22.7 Å². The van der Waals surface area contributed by atoms with Gasteiger partial charge in [0.2, 0.25) is 0 Å². The lowest BCUT2D eigenvalue weighted by Crippen LogP contribution is -2.62. The monoisotopic (exact) mass is 430 g/mol. The lowest BCUT2D eigenvalue weighted by Gasteiger charge is -2.60. The molecule has 2 heterocycles. The third-order valence-corrected chi connectivity index (χ3v) is 7.78. The van der Waals surface area contributed by atoms with Gasteiger partial charge < -0.3 is 18.6 Å². The molecule has 0 N–H and O–H groups in total. The van der Waals surface area contributed by atoms with Gasteiger partial charge in [0.1, 0.15) is 18.8 Å². The number of carbonyl (C=O) groups excluding carboxylic acids is 3. The number of rotatable bonds is 5. The van der Waals surface area contributed by atoms with Crippen LogP contribution in [0.5, 0.6) is 0 Å². The first-order chi connectivity index (χ1) is 14.7. The maximum Gasteiger partial charge on any atom is 0.334 e. The predicted octanol–water partition coefficient (Wildman–Crippen LogP) is 3.61. The first-order valence-electron chi connectivity index (χ1n) is 10.9. The van der Waals surface area contributed by atoms with Crippen molar-refractivity contribution in [1.82, 2.24) is 0 Å². The molecule has 1 aromatic heterocycles. The SMILES string of the molecule is CC(=O)OC1CC23COC(=O)C2=CCC(OC(C)=O)C3C(C)(CCc2ccoc2)C1C. The van der Waals surface area contributed by atoms with Gasteiger partial charge in [0.05, 0.1) is 12.5 Å². The van der Waals surface area contributed by atoms with E-state index in [0.29, 0.717) is 18.4 Å². The van der Waals surface area contributed by atoms with Crippen LogP contribution in [0.2, 0.25) is 0 Å². The fourth-order valence-electron chi connectivity index (χ4n) is 6.34. The number of hydrogen-bond acceptors (Lipinski definition) is 7. The van der Waals surface area contributed by atoms with Crippen LogP contribution in [0, 0.1) is 22.7 Å². The van der Waals surface area contributed by atoms with Crippen LogP contribution in [0.3, 0.4) is 0 Å². The largest absolute Gasteiger partial charge is 0.472 e. The molecule has 3 aliphatic rings. The Balaban J connectivity index is 1.80. The number of aryl methyl sites for hydroxylation is 1. The van der Waals surface area contributed by atoms with E-state index in [0.717, 1.165) is 18.4 Å². The molecule has 168 valence electrons. The molecule has 1 aliphatic heterocycles. The molecule has 2 aliphatic carbocycles. The molecule has 31 heavy (non-hydrogen) atoms. The second kappa shape index (κ2) is 7.84. The highest BCUT2D eigenvalue weighted by Gasteiger charge is 2.67. The maximum atomic E-state index is 12.6. The Hall–Kier alpha value is -2.57. The Labute approximate surface area is 182 Å². The Kier molecular flexibility index (Phi) is 5.48. The highest BCUT2D eigenvalue weighted by Crippen LogP contribution is 2.64. The molecule has 7 nitrogen and oxygen atoms in total. The Bertz CT molecular complexity index is 901. The molecule has 0 aromatic carbocycles. The Morgan fingerprint density at radius 3 is 2.55 bits per heavy atom. The first-order valence-corrected chi connectivity index (χ1v) is 10.9. The number of hydrogen-bond donors (Lipinski definition) is 0. The topological polar surface area (TPSA) is 92.0 Å². The second-order valence-corrected chi connectivity index (χ2v) is 9.49. The van der Waals surface area contributed by atoms with Gasteiger partial charge in [0.25, 0.3) is 0 Å². The van der Waals surface area contributed by atoms with Gasteiger partial charge in [-0.1, -0.05) is 19.9 Å². The standard InChI is InChI=1S/C24H30O7/c1-14-20(31-16(3)26)11-24-13-29-22(27)18(24)5-6-19(30-15(2)25)21(24)23(14,4)9-7-17-8-10-28-12-17/h5,8,10,12,14,19-21H,6-7,9,11,13H2,1-4H3. The van der Waals surface area contributed by atoms with Crippen molar-refractivity contribution in [3.8, 4) is 0 Å². The van der Waals surface area contributed by atoms with Crippen LogP contribution >= 0.6 is 0 Å². The van der Waals surface area contributed by atoms with Gasteiger partial charge in [-0.15, -0.1) is 0 Å². The average molecular weight is 430 g/mol. The smallest absolute Gasteiger partial charge is 0.334 e. The van der Waals surface area contributed by atoms with Gasteiger partial charge in [-0.3, -0.25) is 9.59 Å². The highest BCUT2D eigenvalue weighted by molar-refractivity contribution is 5.93. The summed E-state index contributed by atoms with van der Waals surface area (Å²) in [6.07, 6.45) is 6.98.